The summed E-state index contributed by atoms with van der Waals surface area (Å²) < 4.78 is 0. The SMILES string of the molecule is N#Cc1ccc(NCC2CN3CCN2CC3)nc1. The molecule has 0 spiro atoms. The lowest BCUT2D eigenvalue weighted by Crippen LogP contribution is -2.62. The van der Waals surface area contributed by atoms with Crippen LogP contribution in [0.4, 0.5) is 5.82 Å². The summed E-state index contributed by atoms with van der Waals surface area (Å²) in [4.78, 5) is 9.31. The molecule has 3 saturated heterocycles. The Kier molecular flexibility index (Phi) is 3.13. The van der Waals surface area contributed by atoms with Crippen molar-refractivity contribution in [2.75, 3.05) is 44.6 Å². The lowest BCUT2D eigenvalue weighted by Gasteiger charge is -2.47. The normalized spacial score (nSPS) is 29.8. The number of piperazine rings is 3. The Morgan fingerprint density at radius 3 is 2.72 bits per heavy atom. The molecule has 0 aliphatic carbocycles. The number of nitrogens with one attached hydrogen (secondary N) is 1. The molecule has 0 saturated carbocycles. The number of nitriles is 1. The summed E-state index contributed by atoms with van der Waals surface area (Å²) in [7, 11) is 0. The van der Waals surface area contributed by atoms with Crippen LogP contribution < -0.4 is 5.32 Å². The molecule has 1 unspecified atom stereocenters. The maximum atomic E-state index is 8.71. The minimum Gasteiger partial charge on any atom is -0.368 e. The van der Waals surface area contributed by atoms with Gasteiger partial charge in [-0.2, -0.15) is 5.26 Å². The lowest BCUT2D eigenvalue weighted by molar-refractivity contribution is 0.0189. The van der Waals surface area contributed by atoms with Crippen molar-refractivity contribution in [1.82, 2.24) is 14.8 Å². The van der Waals surface area contributed by atoms with Crippen molar-refractivity contribution >= 4 is 5.82 Å². The van der Waals surface area contributed by atoms with Gasteiger partial charge in [-0.05, 0) is 12.1 Å². The molecule has 0 amide bonds. The van der Waals surface area contributed by atoms with E-state index in [0.29, 0.717) is 11.6 Å². The summed E-state index contributed by atoms with van der Waals surface area (Å²) in [5, 5.41) is 12.1. The summed E-state index contributed by atoms with van der Waals surface area (Å²) in [6.07, 6.45) is 1.61. The molecule has 3 fully saturated rings. The first kappa shape index (κ1) is 11.5. The van der Waals surface area contributed by atoms with Crippen molar-refractivity contribution < 1.29 is 0 Å². The number of rotatable bonds is 3. The van der Waals surface area contributed by atoms with Crippen molar-refractivity contribution in [3.63, 3.8) is 0 Å². The molecular weight excluding hydrogens is 226 g/mol. The second-order valence-corrected chi connectivity index (χ2v) is 4.92. The highest BCUT2D eigenvalue weighted by atomic mass is 15.3. The Balaban J connectivity index is 1.56. The highest BCUT2D eigenvalue weighted by molar-refractivity contribution is 5.39. The minimum atomic E-state index is 0.588. The van der Waals surface area contributed by atoms with Crippen molar-refractivity contribution in [2.24, 2.45) is 0 Å². The maximum absolute atomic E-state index is 8.71. The van der Waals surface area contributed by atoms with Gasteiger partial charge in [0.25, 0.3) is 0 Å². The van der Waals surface area contributed by atoms with Gasteiger partial charge in [0, 0.05) is 51.5 Å². The topological polar surface area (TPSA) is 55.2 Å². The second-order valence-electron chi connectivity index (χ2n) is 4.92. The molecule has 4 rings (SSSR count). The van der Waals surface area contributed by atoms with Crippen molar-refractivity contribution in [1.29, 1.82) is 5.26 Å². The smallest absolute Gasteiger partial charge is 0.126 e. The third-order valence-corrected chi connectivity index (χ3v) is 3.80. The fraction of sp³-hybridized carbons (Fsp3) is 0.538. The van der Waals surface area contributed by atoms with Gasteiger partial charge < -0.3 is 5.32 Å². The zero-order valence-corrected chi connectivity index (χ0v) is 10.3. The second kappa shape index (κ2) is 4.92. The lowest BCUT2D eigenvalue weighted by atomic mass is 10.1. The van der Waals surface area contributed by atoms with E-state index >= 15 is 0 Å². The zero-order chi connectivity index (χ0) is 12.4. The molecule has 94 valence electrons. The zero-order valence-electron chi connectivity index (χ0n) is 10.3. The van der Waals surface area contributed by atoms with Gasteiger partial charge in [0.1, 0.15) is 11.9 Å². The molecule has 1 N–H and O–H groups in total. The number of fused-ring (bicyclic) bond motifs is 3. The Hall–Kier alpha value is -1.64. The number of hydrogen-bond acceptors (Lipinski definition) is 5. The average Bonchev–Trinajstić information content (AvgIpc) is 2.47. The van der Waals surface area contributed by atoms with Crippen molar-refractivity contribution in [3.05, 3.63) is 23.9 Å². The molecule has 1 aromatic heterocycles. The van der Waals surface area contributed by atoms with Crippen LogP contribution in [0.3, 0.4) is 0 Å². The van der Waals surface area contributed by atoms with E-state index in [1.807, 2.05) is 6.07 Å². The Morgan fingerprint density at radius 1 is 1.33 bits per heavy atom. The number of nitrogens with zero attached hydrogens (tertiary/aromatic N) is 4. The van der Waals surface area contributed by atoms with Gasteiger partial charge in [-0.15, -0.1) is 0 Å². The predicted molar refractivity (Wildman–Crippen MR) is 69.2 cm³/mol. The van der Waals surface area contributed by atoms with Gasteiger partial charge in [-0.3, -0.25) is 9.80 Å². The number of hydrogen-bond donors (Lipinski definition) is 1. The van der Waals surface area contributed by atoms with Crippen molar-refractivity contribution in [3.8, 4) is 6.07 Å². The quantitative estimate of drug-likeness (QED) is 0.831. The van der Waals surface area contributed by atoms with E-state index in [2.05, 4.69) is 26.2 Å². The molecule has 4 heterocycles. The van der Waals surface area contributed by atoms with Gasteiger partial charge in [-0.1, -0.05) is 0 Å². The van der Waals surface area contributed by atoms with Crippen LogP contribution in [0.15, 0.2) is 18.3 Å². The van der Waals surface area contributed by atoms with E-state index < -0.39 is 0 Å². The molecule has 2 bridgehead atoms. The molecule has 5 heteroatoms. The monoisotopic (exact) mass is 243 g/mol. The van der Waals surface area contributed by atoms with E-state index in [-0.39, 0.29) is 0 Å². The standard InChI is InChI=1S/C13H17N5/c14-7-11-1-2-13(15-8-11)16-9-12-10-17-3-5-18(12)6-4-17/h1-2,8,12H,3-6,9-10H2,(H,15,16). The van der Waals surface area contributed by atoms with Gasteiger partial charge in [-0.25, -0.2) is 4.98 Å². The fourth-order valence-corrected chi connectivity index (χ4v) is 2.71. The van der Waals surface area contributed by atoms with E-state index in [1.54, 1.807) is 12.3 Å². The molecule has 3 aliphatic rings. The minimum absolute atomic E-state index is 0.588. The Morgan fingerprint density at radius 2 is 2.17 bits per heavy atom. The van der Waals surface area contributed by atoms with Crippen molar-refractivity contribution in [2.45, 2.75) is 6.04 Å². The van der Waals surface area contributed by atoms with Gasteiger partial charge in [0.2, 0.25) is 0 Å². The summed E-state index contributed by atoms with van der Waals surface area (Å²) in [5.41, 5.74) is 0.604. The van der Waals surface area contributed by atoms with Crippen LogP contribution in [0.1, 0.15) is 5.56 Å². The predicted octanol–water partition coefficient (Wildman–Crippen LogP) is 0.365. The highest BCUT2D eigenvalue weighted by Crippen LogP contribution is 2.16. The molecule has 0 radical (unpaired) electrons. The summed E-state index contributed by atoms with van der Waals surface area (Å²) >= 11 is 0. The molecule has 18 heavy (non-hydrogen) atoms. The molecular formula is C13H17N5. The van der Waals surface area contributed by atoms with E-state index in [4.69, 9.17) is 5.26 Å². The molecule has 1 aromatic rings. The van der Waals surface area contributed by atoms with Crippen LogP contribution in [-0.2, 0) is 0 Å². The first-order valence-corrected chi connectivity index (χ1v) is 6.41. The number of aromatic nitrogens is 1. The van der Waals surface area contributed by atoms with Gasteiger partial charge >= 0.3 is 0 Å². The molecule has 5 nitrogen and oxygen atoms in total. The largest absolute Gasteiger partial charge is 0.368 e. The van der Waals surface area contributed by atoms with Gasteiger partial charge in [0.05, 0.1) is 5.56 Å². The summed E-state index contributed by atoms with van der Waals surface area (Å²) in [6, 6.07) is 6.33. The van der Waals surface area contributed by atoms with Crippen LogP contribution in [0.25, 0.3) is 0 Å². The van der Waals surface area contributed by atoms with Crippen LogP contribution >= 0.6 is 0 Å². The van der Waals surface area contributed by atoms with Crippen LogP contribution in [0.2, 0.25) is 0 Å². The van der Waals surface area contributed by atoms with Crippen LogP contribution in [0.5, 0.6) is 0 Å². The third kappa shape index (κ3) is 2.30. The van der Waals surface area contributed by atoms with Crippen LogP contribution in [0, 0.1) is 11.3 Å². The molecule has 3 aliphatic heterocycles. The summed E-state index contributed by atoms with van der Waals surface area (Å²) in [6.45, 7) is 6.89. The third-order valence-electron chi connectivity index (χ3n) is 3.80. The Bertz CT molecular complexity index is 441. The number of pyridine rings is 1. The fourth-order valence-electron chi connectivity index (χ4n) is 2.71. The molecule has 1 atom stereocenters. The average molecular weight is 243 g/mol. The first-order chi connectivity index (χ1) is 8.85. The number of anilines is 1. The van der Waals surface area contributed by atoms with Crippen LogP contribution in [-0.4, -0.2) is 60.1 Å². The summed E-state index contributed by atoms with van der Waals surface area (Å²) in [5.74, 6) is 0.853. The molecule has 0 aromatic carbocycles. The van der Waals surface area contributed by atoms with E-state index in [9.17, 15) is 0 Å². The van der Waals surface area contributed by atoms with Gasteiger partial charge in [0.15, 0.2) is 0 Å². The maximum Gasteiger partial charge on any atom is 0.126 e. The van der Waals surface area contributed by atoms with E-state index in [0.717, 1.165) is 18.9 Å². The highest BCUT2D eigenvalue weighted by Gasteiger charge is 2.31. The Labute approximate surface area is 107 Å². The van der Waals surface area contributed by atoms with E-state index in [1.165, 1.54) is 26.2 Å². The first-order valence-electron chi connectivity index (χ1n) is 6.41.